The number of ketones is 1. The summed E-state index contributed by atoms with van der Waals surface area (Å²) in [5, 5.41) is 0. The zero-order valence-corrected chi connectivity index (χ0v) is 21.3. The lowest BCUT2D eigenvalue weighted by Crippen LogP contribution is -2.04. The van der Waals surface area contributed by atoms with E-state index in [0.29, 0.717) is 29.6 Å². The smallest absolute Gasteiger partial charge is 0.185 e. The zero-order valence-electron chi connectivity index (χ0n) is 21.3. The van der Waals surface area contributed by atoms with Gasteiger partial charge in [0.25, 0.3) is 0 Å². The van der Waals surface area contributed by atoms with Gasteiger partial charge >= 0.3 is 0 Å². The summed E-state index contributed by atoms with van der Waals surface area (Å²) in [6, 6.07) is 11.0. The van der Waals surface area contributed by atoms with Gasteiger partial charge in [0.05, 0.1) is 0 Å². The van der Waals surface area contributed by atoms with Crippen molar-refractivity contribution in [3.63, 3.8) is 0 Å². The molecule has 0 atom stereocenters. The van der Waals surface area contributed by atoms with E-state index in [0.717, 1.165) is 5.56 Å². The van der Waals surface area contributed by atoms with Crippen molar-refractivity contribution in [3.05, 3.63) is 75.4 Å². The van der Waals surface area contributed by atoms with Crippen LogP contribution in [0.4, 0.5) is 0 Å². The molecule has 1 nitrogen and oxygen atoms in total. The molecule has 0 spiro atoms. The first-order valence-electron chi connectivity index (χ1n) is 12.0. The summed E-state index contributed by atoms with van der Waals surface area (Å²) in [4.78, 5) is 13.2. The summed E-state index contributed by atoms with van der Waals surface area (Å²) < 4.78 is 0. The van der Waals surface area contributed by atoms with Crippen LogP contribution in [0.5, 0.6) is 0 Å². The van der Waals surface area contributed by atoms with Crippen LogP contribution in [0.2, 0.25) is 0 Å². The molecule has 2 aromatic rings. The average Bonchev–Trinajstić information content (AvgIpc) is 2.70. The van der Waals surface area contributed by atoms with Crippen molar-refractivity contribution in [1.29, 1.82) is 0 Å². The molecule has 0 saturated heterocycles. The maximum Gasteiger partial charge on any atom is 0.185 e. The van der Waals surface area contributed by atoms with Gasteiger partial charge in [-0.1, -0.05) is 93.5 Å². The van der Waals surface area contributed by atoms with Crippen molar-refractivity contribution < 1.29 is 4.79 Å². The van der Waals surface area contributed by atoms with Gasteiger partial charge in [-0.05, 0) is 81.2 Å². The lowest BCUT2D eigenvalue weighted by Gasteiger charge is -2.21. The van der Waals surface area contributed by atoms with Crippen LogP contribution in [0.25, 0.3) is 6.08 Å². The number of allylic oxidation sites excluding steroid dienone is 1. The summed E-state index contributed by atoms with van der Waals surface area (Å²) in [7, 11) is 0. The molecule has 0 bridgehead atoms. The predicted molar refractivity (Wildman–Crippen MR) is 137 cm³/mol. The molecule has 31 heavy (non-hydrogen) atoms. The molecular formula is C30H42O. The minimum Gasteiger partial charge on any atom is -0.289 e. The van der Waals surface area contributed by atoms with E-state index in [-0.39, 0.29) is 5.78 Å². The maximum atomic E-state index is 13.2. The van der Waals surface area contributed by atoms with E-state index in [1.807, 2.05) is 0 Å². The first-order valence-corrected chi connectivity index (χ1v) is 12.0. The van der Waals surface area contributed by atoms with Gasteiger partial charge in [-0.25, -0.2) is 0 Å². The van der Waals surface area contributed by atoms with Crippen molar-refractivity contribution in [2.24, 2.45) is 0 Å². The van der Waals surface area contributed by atoms with Gasteiger partial charge in [-0.2, -0.15) is 0 Å². The second kappa shape index (κ2) is 10.4. The van der Waals surface area contributed by atoms with Crippen molar-refractivity contribution >= 4 is 11.9 Å². The Labute approximate surface area is 191 Å². The molecule has 0 saturated carbocycles. The van der Waals surface area contributed by atoms with Crippen molar-refractivity contribution in [2.45, 2.75) is 98.8 Å². The van der Waals surface area contributed by atoms with Gasteiger partial charge in [0.1, 0.15) is 0 Å². The number of benzene rings is 2. The second-order valence-corrected chi connectivity index (χ2v) is 10.5. The lowest BCUT2D eigenvalue weighted by molar-refractivity contribution is 0.104. The third-order valence-electron chi connectivity index (χ3n) is 6.17. The molecule has 0 aliphatic heterocycles. The zero-order chi connectivity index (χ0) is 23.5. The third kappa shape index (κ3) is 6.19. The SMILES string of the molecule is CC(C)c1cc(C(=O)C=Cc2c(C(C)C)cc(C(C)C)cc2C(C)C)cc(C(C)C)c1. The minimum atomic E-state index is 0.0850. The molecule has 0 aromatic heterocycles. The van der Waals surface area contributed by atoms with Crippen LogP contribution < -0.4 is 0 Å². The normalized spacial score (nSPS) is 12.4. The molecule has 0 N–H and O–H groups in total. The molecule has 0 unspecified atom stereocenters. The van der Waals surface area contributed by atoms with Crippen LogP contribution in [0, 0.1) is 0 Å². The summed E-state index contributed by atoms with van der Waals surface area (Å²) >= 11 is 0. The summed E-state index contributed by atoms with van der Waals surface area (Å²) in [6.45, 7) is 22.2. The molecule has 0 amide bonds. The van der Waals surface area contributed by atoms with Crippen LogP contribution in [-0.4, -0.2) is 5.78 Å². The molecule has 2 aromatic carbocycles. The monoisotopic (exact) mass is 418 g/mol. The van der Waals surface area contributed by atoms with Crippen molar-refractivity contribution in [1.82, 2.24) is 0 Å². The van der Waals surface area contributed by atoms with Gasteiger partial charge in [0, 0.05) is 5.56 Å². The molecule has 1 heteroatoms. The quantitative estimate of drug-likeness (QED) is 0.308. The summed E-state index contributed by atoms with van der Waals surface area (Å²) in [5.41, 5.74) is 8.51. The number of hydrogen-bond acceptors (Lipinski definition) is 1. The summed E-state index contributed by atoms with van der Waals surface area (Å²) in [6.07, 6.45) is 3.85. The Bertz CT molecular complexity index is 884. The fourth-order valence-corrected chi connectivity index (χ4v) is 3.94. The molecule has 168 valence electrons. The van der Waals surface area contributed by atoms with Crippen molar-refractivity contribution in [3.8, 4) is 0 Å². The Balaban J connectivity index is 2.55. The third-order valence-corrected chi connectivity index (χ3v) is 6.17. The Morgan fingerprint density at radius 2 is 0.968 bits per heavy atom. The fourth-order valence-electron chi connectivity index (χ4n) is 3.94. The molecule has 0 aliphatic rings. The highest BCUT2D eigenvalue weighted by molar-refractivity contribution is 6.07. The lowest BCUT2D eigenvalue weighted by atomic mass is 9.84. The highest BCUT2D eigenvalue weighted by atomic mass is 16.1. The van der Waals surface area contributed by atoms with E-state index in [4.69, 9.17) is 0 Å². The molecule has 0 radical (unpaired) electrons. The largest absolute Gasteiger partial charge is 0.289 e. The van der Waals surface area contributed by atoms with Crippen LogP contribution in [0.15, 0.2) is 36.4 Å². The average molecular weight is 419 g/mol. The van der Waals surface area contributed by atoms with Crippen molar-refractivity contribution in [2.75, 3.05) is 0 Å². The van der Waals surface area contributed by atoms with Gasteiger partial charge in [0.15, 0.2) is 5.78 Å². The number of rotatable bonds is 8. The van der Waals surface area contributed by atoms with E-state index >= 15 is 0 Å². The topological polar surface area (TPSA) is 17.1 Å². The van der Waals surface area contributed by atoms with Gasteiger partial charge < -0.3 is 0 Å². The Kier molecular flexibility index (Phi) is 8.46. The van der Waals surface area contributed by atoms with Gasteiger partial charge in [0.2, 0.25) is 0 Å². The molecule has 0 aliphatic carbocycles. The van der Waals surface area contributed by atoms with Crippen LogP contribution in [0.1, 0.15) is 143 Å². The molecule has 0 fully saturated rings. The Morgan fingerprint density at radius 3 is 1.32 bits per heavy atom. The standard InChI is InChI=1S/C30H42O/c1-18(2)23-13-24(19(3)4)15-26(14-23)30(31)12-11-27-28(21(7)8)16-25(20(5)6)17-29(27)22(9)10/h11-22H,1-10H3. The van der Waals surface area contributed by atoms with Gasteiger partial charge in [-0.15, -0.1) is 0 Å². The Morgan fingerprint density at radius 1 is 0.581 bits per heavy atom. The van der Waals surface area contributed by atoms with E-state index in [1.165, 1.54) is 33.4 Å². The first kappa shape index (κ1) is 25.1. The van der Waals surface area contributed by atoms with E-state index in [2.05, 4.69) is 106 Å². The van der Waals surface area contributed by atoms with E-state index in [1.54, 1.807) is 6.08 Å². The minimum absolute atomic E-state index is 0.0850. The number of carbonyl (C=O) groups excluding carboxylic acids is 1. The van der Waals surface area contributed by atoms with Gasteiger partial charge in [-0.3, -0.25) is 4.79 Å². The molecule has 0 heterocycles. The highest BCUT2D eigenvalue weighted by Gasteiger charge is 2.16. The number of carbonyl (C=O) groups is 1. The number of hydrogen-bond donors (Lipinski definition) is 0. The van der Waals surface area contributed by atoms with Crippen LogP contribution in [-0.2, 0) is 0 Å². The van der Waals surface area contributed by atoms with Crippen LogP contribution in [0.3, 0.4) is 0 Å². The highest BCUT2D eigenvalue weighted by Crippen LogP contribution is 2.33. The van der Waals surface area contributed by atoms with Crippen LogP contribution >= 0.6 is 0 Å². The summed E-state index contributed by atoms with van der Waals surface area (Å²) in [5.74, 6) is 2.19. The van der Waals surface area contributed by atoms with E-state index in [9.17, 15) is 4.79 Å². The molecular weight excluding hydrogens is 376 g/mol. The maximum absolute atomic E-state index is 13.2. The Hall–Kier alpha value is -2.15. The molecule has 2 rings (SSSR count). The first-order chi connectivity index (χ1) is 14.4. The fraction of sp³-hybridized carbons (Fsp3) is 0.500. The second-order valence-electron chi connectivity index (χ2n) is 10.5. The predicted octanol–water partition coefficient (Wildman–Crippen LogP) is 9.20. The van der Waals surface area contributed by atoms with E-state index < -0.39 is 0 Å².